The van der Waals surface area contributed by atoms with Crippen molar-refractivity contribution in [2.45, 2.75) is 0 Å². The van der Waals surface area contributed by atoms with Crippen molar-refractivity contribution in [2.24, 2.45) is 0 Å². The Labute approximate surface area is 88.5 Å². The Hall–Kier alpha value is -1.88. The zero-order chi connectivity index (χ0) is 11.0. The molecule has 0 fully saturated rings. The minimum absolute atomic E-state index is 0.147. The van der Waals surface area contributed by atoms with E-state index in [-0.39, 0.29) is 27.0 Å². The van der Waals surface area contributed by atoms with Crippen molar-refractivity contribution in [2.75, 3.05) is 0 Å². The van der Waals surface area contributed by atoms with E-state index in [0.29, 0.717) is 0 Å². The van der Waals surface area contributed by atoms with Crippen LogP contribution in [0.3, 0.4) is 0 Å². The van der Waals surface area contributed by atoms with Gasteiger partial charge in [0.25, 0.3) is 5.69 Å². The summed E-state index contributed by atoms with van der Waals surface area (Å²) < 4.78 is 0. The van der Waals surface area contributed by atoms with Gasteiger partial charge in [-0.05, 0) is 6.07 Å². The number of nitrogens with one attached hydrogen (secondary N) is 1. The lowest BCUT2D eigenvalue weighted by Gasteiger charge is -2.00. The Bertz CT molecular complexity index is 606. The third-order valence-electron chi connectivity index (χ3n) is 2.04. The molecule has 2 rings (SSSR count). The first kappa shape index (κ1) is 9.67. The molecule has 0 saturated carbocycles. The molecule has 0 atom stereocenters. The number of aromatic nitrogens is 1. The van der Waals surface area contributed by atoms with Crippen molar-refractivity contribution >= 4 is 28.2 Å². The Morgan fingerprint density at radius 1 is 1.33 bits per heavy atom. The highest BCUT2D eigenvalue weighted by molar-refractivity contribution is 6.35. The summed E-state index contributed by atoms with van der Waals surface area (Å²) in [4.78, 5) is 24.2. The van der Waals surface area contributed by atoms with Gasteiger partial charge in [-0.1, -0.05) is 11.6 Å². The first-order valence-electron chi connectivity index (χ1n) is 4.05. The molecule has 0 aliphatic heterocycles. The molecule has 0 amide bonds. The number of halogens is 1. The number of fused-ring (bicyclic) bond motifs is 1. The number of non-ortho nitro benzene ring substituents is 1. The molecule has 0 aliphatic rings. The minimum atomic E-state index is -0.561. The molecule has 5 nitrogen and oxygen atoms in total. The molecule has 0 saturated heterocycles. The van der Waals surface area contributed by atoms with Gasteiger partial charge < -0.3 is 4.98 Å². The van der Waals surface area contributed by atoms with Crippen molar-refractivity contribution in [3.63, 3.8) is 0 Å². The first-order valence-corrected chi connectivity index (χ1v) is 4.43. The average Bonchev–Trinajstić information content (AvgIpc) is 2.17. The molecule has 2 aromatic rings. The number of rotatable bonds is 1. The van der Waals surface area contributed by atoms with Gasteiger partial charge in [0.05, 0.1) is 15.3 Å². The van der Waals surface area contributed by atoms with Crippen molar-refractivity contribution in [3.05, 3.63) is 49.8 Å². The van der Waals surface area contributed by atoms with Gasteiger partial charge in [-0.15, -0.1) is 0 Å². The van der Waals surface area contributed by atoms with Crippen LogP contribution in [0.4, 0.5) is 5.69 Å². The van der Waals surface area contributed by atoms with E-state index >= 15 is 0 Å². The molecule has 1 aromatic heterocycles. The average molecular weight is 225 g/mol. The maximum atomic E-state index is 11.4. The third-order valence-corrected chi connectivity index (χ3v) is 2.35. The summed E-state index contributed by atoms with van der Waals surface area (Å²) in [5.74, 6) is 0. The molecule has 0 unspecified atom stereocenters. The monoisotopic (exact) mass is 224 g/mol. The van der Waals surface area contributed by atoms with Crippen LogP contribution in [0.2, 0.25) is 5.02 Å². The summed E-state index contributed by atoms with van der Waals surface area (Å²) in [7, 11) is 0. The van der Waals surface area contributed by atoms with Crippen LogP contribution >= 0.6 is 11.6 Å². The van der Waals surface area contributed by atoms with Crippen LogP contribution in [0.1, 0.15) is 0 Å². The molecule has 0 radical (unpaired) electrons. The maximum Gasteiger partial charge on any atom is 0.293 e. The predicted octanol–water partition coefficient (Wildman–Crippen LogP) is 2.09. The summed E-state index contributed by atoms with van der Waals surface area (Å²) in [6.07, 6.45) is 1.36. The number of benzene rings is 1. The molecule has 1 N–H and O–H groups in total. The van der Waals surface area contributed by atoms with Gasteiger partial charge in [-0.2, -0.15) is 0 Å². The van der Waals surface area contributed by atoms with Gasteiger partial charge in [0.1, 0.15) is 5.52 Å². The van der Waals surface area contributed by atoms with Gasteiger partial charge in [-0.25, -0.2) is 0 Å². The Morgan fingerprint density at radius 3 is 2.73 bits per heavy atom. The molecule has 76 valence electrons. The van der Waals surface area contributed by atoms with Crippen LogP contribution in [0.25, 0.3) is 10.9 Å². The van der Waals surface area contributed by atoms with Gasteiger partial charge in [0.15, 0.2) is 5.43 Å². The number of aromatic amines is 1. The Balaban J connectivity index is 3.01. The summed E-state index contributed by atoms with van der Waals surface area (Å²) in [6, 6.07) is 3.88. The number of nitro benzene ring substituents is 1. The molecular weight excluding hydrogens is 220 g/mol. The lowest BCUT2D eigenvalue weighted by Crippen LogP contribution is -2.02. The second kappa shape index (κ2) is 3.36. The summed E-state index contributed by atoms with van der Waals surface area (Å²) in [5, 5.41) is 11.0. The van der Waals surface area contributed by atoms with Crippen LogP contribution in [0.15, 0.2) is 29.2 Å². The largest absolute Gasteiger partial charge is 0.355 e. The lowest BCUT2D eigenvalue weighted by molar-refractivity contribution is -0.383. The zero-order valence-electron chi connectivity index (χ0n) is 7.36. The van der Waals surface area contributed by atoms with Crippen LogP contribution in [-0.2, 0) is 0 Å². The molecule has 15 heavy (non-hydrogen) atoms. The first-order chi connectivity index (χ1) is 7.11. The molecule has 0 bridgehead atoms. The van der Waals surface area contributed by atoms with E-state index in [9.17, 15) is 14.9 Å². The van der Waals surface area contributed by atoms with E-state index in [1.165, 1.54) is 24.4 Å². The standard InChI is InChI=1S/C9H5ClN2O3/c10-5-1-2-6(12(14)15)9-8(5)7(13)3-4-11-9/h1-4H,(H,11,13). The van der Waals surface area contributed by atoms with Crippen LogP contribution < -0.4 is 5.43 Å². The Morgan fingerprint density at radius 2 is 2.07 bits per heavy atom. The third kappa shape index (κ3) is 1.46. The fourth-order valence-corrected chi connectivity index (χ4v) is 1.64. The summed E-state index contributed by atoms with van der Waals surface area (Å²) >= 11 is 5.80. The molecule has 6 heteroatoms. The molecule has 0 spiro atoms. The normalized spacial score (nSPS) is 10.5. The van der Waals surface area contributed by atoms with E-state index in [1.54, 1.807) is 0 Å². The van der Waals surface area contributed by atoms with Gasteiger partial charge >= 0.3 is 0 Å². The van der Waals surface area contributed by atoms with Crippen LogP contribution in [0, 0.1) is 10.1 Å². The molecule has 1 aromatic carbocycles. The van der Waals surface area contributed by atoms with E-state index in [0.717, 1.165) is 0 Å². The van der Waals surface area contributed by atoms with Crippen LogP contribution in [0.5, 0.6) is 0 Å². The Kier molecular flexibility index (Phi) is 2.17. The number of hydrogen-bond donors (Lipinski definition) is 1. The topological polar surface area (TPSA) is 76.0 Å². The molecule has 1 heterocycles. The van der Waals surface area contributed by atoms with Crippen molar-refractivity contribution < 1.29 is 4.92 Å². The number of H-pyrrole nitrogens is 1. The van der Waals surface area contributed by atoms with Gasteiger partial charge in [0.2, 0.25) is 0 Å². The quantitative estimate of drug-likeness (QED) is 0.595. The van der Waals surface area contributed by atoms with E-state index in [1.807, 2.05) is 0 Å². The number of hydrogen-bond acceptors (Lipinski definition) is 3. The zero-order valence-corrected chi connectivity index (χ0v) is 8.12. The molecular formula is C9H5ClN2O3. The minimum Gasteiger partial charge on any atom is -0.355 e. The van der Waals surface area contributed by atoms with Crippen molar-refractivity contribution in [1.82, 2.24) is 4.98 Å². The SMILES string of the molecule is O=c1cc[nH]c2c([N+](=O)[O-])ccc(Cl)c12. The fraction of sp³-hybridized carbons (Fsp3) is 0. The highest BCUT2D eigenvalue weighted by atomic mass is 35.5. The number of nitro groups is 1. The maximum absolute atomic E-state index is 11.4. The highest BCUT2D eigenvalue weighted by Crippen LogP contribution is 2.26. The van der Waals surface area contributed by atoms with E-state index in [2.05, 4.69) is 4.98 Å². The number of pyridine rings is 1. The number of nitrogens with zero attached hydrogens (tertiary/aromatic N) is 1. The van der Waals surface area contributed by atoms with E-state index in [4.69, 9.17) is 11.6 Å². The van der Waals surface area contributed by atoms with Crippen LogP contribution in [-0.4, -0.2) is 9.91 Å². The van der Waals surface area contributed by atoms with Gasteiger partial charge in [0, 0.05) is 18.3 Å². The summed E-state index contributed by atoms with van der Waals surface area (Å²) in [6.45, 7) is 0. The second-order valence-corrected chi connectivity index (χ2v) is 3.32. The fourth-order valence-electron chi connectivity index (χ4n) is 1.39. The highest BCUT2D eigenvalue weighted by Gasteiger charge is 2.15. The smallest absolute Gasteiger partial charge is 0.293 e. The van der Waals surface area contributed by atoms with Crippen molar-refractivity contribution in [1.29, 1.82) is 0 Å². The van der Waals surface area contributed by atoms with Gasteiger partial charge in [-0.3, -0.25) is 14.9 Å². The molecule has 0 aliphatic carbocycles. The van der Waals surface area contributed by atoms with Crippen molar-refractivity contribution in [3.8, 4) is 0 Å². The lowest BCUT2D eigenvalue weighted by atomic mass is 10.2. The predicted molar refractivity (Wildman–Crippen MR) is 56.2 cm³/mol. The second-order valence-electron chi connectivity index (χ2n) is 2.92. The van der Waals surface area contributed by atoms with E-state index < -0.39 is 4.92 Å². The summed E-state index contributed by atoms with van der Waals surface area (Å²) in [5.41, 5.74) is -0.343.